The van der Waals surface area contributed by atoms with Gasteiger partial charge >= 0.3 is 0 Å². The van der Waals surface area contributed by atoms with Crippen LogP contribution in [0.1, 0.15) is 21.6 Å². The number of halogens is 2. The van der Waals surface area contributed by atoms with E-state index in [1.165, 1.54) is 12.3 Å². The monoisotopic (exact) mass is 299 g/mol. The number of nitrogen functional groups attached to an aromatic ring is 1. The predicted octanol–water partition coefficient (Wildman–Crippen LogP) is 1.92. The number of aromatic amines is 1. The van der Waals surface area contributed by atoms with Crippen LogP contribution in [-0.4, -0.2) is 21.0 Å². The second-order valence-electron chi connectivity index (χ2n) is 4.46. The van der Waals surface area contributed by atoms with E-state index in [9.17, 15) is 13.6 Å². The van der Waals surface area contributed by atoms with Crippen molar-refractivity contribution in [2.75, 3.05) is 5.73 Å². The number of nitriles is 1. The maximum absolute atomic E-state index is 14.0. The maximum Gasteiger partial charge on any atom is 0.217 e. The Morgan fingerprint density at radius 3 is 2.86 bits per heavy atom. The number of pyridine rings is 1. The van der Waals surface area contributed by atoms with Crippen molar-refractivity contribution in [1.29, 1.82) is 5.26 Å². The molecule has 0 amide bonds. The Morgan fingerprint density at radius 1 is 1.36 bits per heavy atom. The van der Waals surface area contributed by atoms with Crippen LogP contribution in [0.4, 0.5) is 14.5 Å². The lowest BCUT2D eigenvalue weighted by Crippen LogP contribution is -2.10. The molecule has 0 aliphatic heterocycles. The summed E-state index contributed by atoms with van der Waals surface area (Å²) in [4.78, 5) is 16.3. The molecular weight excluding hydrogens is 292 g/mol. The Kier molecular flexibility index (Phi) is 3.03. The number of ketones is 1. The third-order valence-corrected chi connectivity index (χ3v) is 3.11. The number of nitrogens with two attached hydrogens (primary N) is 1. The number of anilines is 1. The van der Waals surface area contributed by atoms with Gasteiger partial charge in [0.05, 0.1) is 22.2 Å². The quantitative estimate of drug-likeness (QED) is 0.555. The molecule has 0 saturated heterocycles. The molecule has 8 heteroatoms. The average Bonchev–Trinajstić information content (AvgIpc) is 2.94. The van der Waals surface area contributed by atoms with Crippen molar-refractivity contribution in [3.63, 3.8) is 0 Å². The second-order valence-corrected chi connectivity index (χ2v) is 4.46. The van der Waals surface area contributed by atoms with Crippen LogP contribution >= 0.6 is 0 Å². The molecular formula is C14H7F2N5O. The van der Waals surface area contributed by atoms with Crippen LogP contribution < -0.4 is 5.73 Å². The minimum Gasteiger partial charge on any atom is -0.396 e. The average molecular weight is 299 g/mol. The zero-order valence-electron chi connectivity index (χ0n) is 10.9. The Morgan fingerprint density at radius 2 is 2.14 bits per heavy atom. The van der Waals surface area contributed by atoms with Gasteiger partial charge in [0.2, 0.25) is 5.78 Å². The van der Waals surface area contributed by atoms with E-state index >= 15 is 0 Å². The van der Waals surface area contributed by atoms with Gasteiger partial charge < -0.3 is 5.73 Å². The van der Waals surface area contributed by atoms with Gasteiger partial charge in [-0.2, -0.15) is 10.4 Å². The summed E-state index contributed by atoms with van der Waals surface area (Å²) in [7, 11) is 0. The molecule has 0 fully saturated rings. The number of hydrogen-bond donors (Lipinski definition) is 2. The Bertz CT molecular complexity index is 958. The van der Waals surface area contributed by atoms with E-state index in [2.05, 4.69) is 15.2 Å². The van der Waals surface area contributed by atoms with Crippen LogP contribution in [0.25, 0.3) is 11.0 Å². The topological polar surface area (TPSA) is 108 Å². The van der Waals surface area contributed by atoms with E-state index in [0.29, 0.717) is 0 Å². The molecule has 22 heavy (non-hydrogen) atoms. The molecule has 3 rings (SSSR count). The first kappa shape index (κ1) is 13.6. The molecule has 6 nitrogen and oxygen atoms in total. The molecule has 0 saturated carbocycles. The van der Waals surface area contributed by atoms with Crippen LogP contribution in [0.15, 0.2) is 24.4 Å². The van der Waals surface area contributed by atoms with Gasteiger partial charge in [-0.15, -0.1) is 0 Å². The zero-order valence-corrected chi connectivity index (χ0v) is 10.9. The highest BCUT2D eigenvalue weighted by atomic mass is 19.1. The van der Waals surface area contributed by atoms with Crippen LogP contribution in [-0.2, 0) is 0 Å². The van der Waals surface area contributed by atoms with Crippen molar-refractivity contribution >= 4 is 22.5 Å². The van der Waals surface area contributed by atoms with Crippen LogP contribution in [0, 0.1) is 23.0 Å². The van der Waals surface area contributed by atoms with Crippen LogP contribution in [0.2, 0.25) is 0 Å². The van der Waals surface area contributed by atoms with E-state index in [0.717, 1.165) is 12.1 Å². The number of nitrogens with zero attached hydrogens (tertiary/aromatic N) is 3. The summed E-state index contributed by atoms with van der Waals surface area (Å²) in [5, 5.41) is 15.2. The molecule has 3 aromatic rings. The fourth-order valence-corrected chi connectivity index (χ4v) is 2.04. The normalized spacial score (nSPS) is 10.6. The summed E-state index contributed by atoms with van der Waals surface area (Å²) in [5.74, 6) is -3.14. The summed E-state index contributed by atoms with van der Waals surface area (Å²) >= 11 is 0. The van der Waals surface area contributed by atoms with Crippen LogP contribution in [0.3, 0.4) is 0 Å². The number of rotatable bonds is 2. The van der Waals surface area contributed by atoms with E-state index in [1.54, 1.807) is 0 Å². The Hall–Kier alpha value is -3.34. The fourth-order valence-electron chi connectivity index (χ4n) is 2.04. The number of H-pyrrole nitrogens is 1. The summed E-state index contributed by atoms with van der Waals surface area (Å²) in [6, 6.07) is 5.16. The molecule has 108 valence electrons. The lowest BCUT2D eigenvalue weighted by molar-refractivity contribution is 0.102. The van der Waals surface area contributed by atoms with Gasteiger partial charge in [0.15, 0.2) is 11.5 Å². The van der Waals surface area contributed by atoms with Gasteiger partial charge in [0.1, 0.15) is 17.6 Å². The van der Waals surface area contributed by atoms with Gasteiger partial charge in [-0.1, -0.05) is 0 Å². The first-order valence-corrected chi connectivity index (χ1v) is 6.05. The minimum atomic E-state index is -1.14. The maximum atomic E-state index is 14.0. The molecule has 0 bridgehead atoms. The van der Waals surface area contributed by atoms with Crippen molar-refractivity contribution < 1.29 is 13.6 Å². The van der Waals surface area contributed by atoms with Crippen LogP contribution in [0.5, 0.6) is 0 Å². The summed E-state index contributed by atoms with van der Waals surface area (Å²) in [6.07, 6.45) is 1.28. The smallest absolute Gasteiger partial charge is 0.217 e. The van der Waals surface area contributed by atoms with Gasteiger partial charge in [0, 0.05) is 6.20 Å². The molecule has 0 radical (unpaired) electrons. The number of hydrogen-bond acceptors (Lipinski definition) is 5. The zero-order chi connectivity index (χ0) is 15.9. The molecule has 0 atom stereocenters. The van der Waals surface area contributed by atoms with Gasteiger partial charge in [0.25, 0.3) is 0 Å². The molecule has 0 spiro atoms. The van der Waals surface area contributed by atoms with Crippen molar-refractivity contribution in [2.24, 2.45) is 0 Å². The number of nitrogens with one attached hydrogen (secondary N) is 1. The van der Waals surface area contributed by atoms with Crippen molar-refractivity contribution in [2.45, 2.75) is 0 Å². The molecule has 0 aliphatic rings. The number of benzene rings is 1. The lowest BCUT2D eigenvalue weighted by Gasteiger charge is -2.05. The van der Waals surface area contributed by atoms with E-state index < -0.39 is 23.0 Å². The van der Waals surface area contributed by atoms with Gasteiger partial charge in [-0.3, -0.25) is 9.89 Å². The first-order chi connectivity index (χ1) is 10.5. The fraction of sp³-hybridized carbons (Fsp3) is 0. The second kappa shape index (κ2) is 4.89. The standard InChI is InChI=1S/C14H7F2N5O/c15-8-1-2-9(18)11(16)10(8)13(22)12-7-3-6(4-17)5-19-14(7)21-20-12/h1-3,5H,18H2,(H,19,20,21). The molecule has 0 aliphatic carbocycles. The van der Waals surface area contributed by atoms with Gasteiger partial charge in [-0.25, -0.2) is 13.8 Å². The number of fused-ring (bicyclic) bond motifs is 1. The van der Waals surface area contributed by atoms with E-state index in [4.69, 9.17) is 11.0 Å². The van der Waals surface area contributed by atoms with Crippen molar-refractivity contribution in [3.05, 3.63) is 52.9 Å². The lowest BCUT2D eigenvalue weighted by atomic mass is 10.0. The Balaban J connectivity index is 2.22. The van der Waals surface area contributed by atoms with E-state index in [1.807, 2.05) is 6.07 Å². The molecule has 0 unspecified atom stereocenters. The highest BCUT2D eigenvalue weighted by Crippen LogP contribution is 2.24. The first-order valence-electron chi connectivity index (χ1n) is 6.05. The molecule has 2 aromatic heterocycles. The van der Waals surface area contributed by atoms with Crippen molar-refractivity contribution in [3.8, 4) is 6.07 Å². The number of aromatic nitrogens is 3. The molecule has 3 N–H and O–H groups in total. The highest BCUT2D eigenvalue weighted by Gasteiger charge is 2.24. The summed E-state index contributed by atoms with van der Waals surface area (Å²) in [5.41, 5.74) is 4.42. The molecule has 2 heterocycles. The summed E-state index contributed by atoms with van der Waals surface area (Å²) < 4.78 is 27.8. The Labute approximate surface area is 122 Å². The number of carbonyl (C=O) groups excluding carboxylic acids is 1. The van der Waals surface area contributed by atoms with Crippen molar-refractivity contribution in [1.82, 2.24) is 15.2 Å². The summed E-state index contributed by atoms with van der Waals surface area (Å²) in [6.45, 7) is 0. The minimum absolute atomic E-state index is 0.159. The van der Waals surface area contributed by atoms with Gasteiger partial charge in [-0.05, 0) is 18.2 Å². The third-order valence-electron chi connectivity index (χ3n) is 3.11. The highest BCUT2D eigenvalue weighted by molar-refractivity contribution is 6.15. The number of carbonyl (C=O) groups is 1. The molecule has 1 aromatic carbocycles. The van der Waals surface area contributed by atoms with E-state index in [-0.39, 0.29) is 28.0 Å². The predicted molar refractivity (Wildman–Crippen MR) is 72.8 cm³/mol. The largest absolute Gasteiger partial charge is 0.396 e. The SMILES string of the molecule is N#Cc1cnc2n[nH]c(C(=O)c3c(F)ccc(N)c3F)c2c1. The third kappa shape index (κ3) is 1.96.